The summed E-state index contributed by atoms with van der Waals surface area (Å²) >= 11 is 0. The molecule has 0 saturated carbocycles. The number of fused-ring (bicyclic) bond motifs is 1. The lowest BCUT2D eigenvalue weighted by molar-refractivity contribution is 0.317. The van der Waals surface area contributed by atoms with Crippen LogP contribution < -0.4 is 4.74 Å². The molecule has 6 heteroatoms. The fourth-order valence-corrected chi connectivity index (χ4v) is 4.24. The van der Waals surface area contributed by atoms with Crippen molar-refractivity contribution in [3.63, 3.8) is 0 Å². The average molecular weight is 322 g/mol. The largest absolute Gasteiger partial charge is 0.497 e. The summed E-state index contributed by atoms with van der Waals surface area (Å²) in [5.74, 6) is 1.42. The molecule has 0 amide bonds. The molecule has 1 aliphatic rings. The molecule has 120 valence electrons. The first-order valence-electron chi connectivity index (χ1n) is 7.68. The predicted molar refractivity (Wildman–Crippen MR) is 87.9 cm³/mol. The first kappa shape index (κ1) is 15.4. The Morgan fingerprint density at radius 1 is 1.27 bits per heavy atom. The summed E-state index contributed by atoms with van der Waals surface area (Å²) in [5, 5.41) is 1.14. The molecule has 0 atom stereocenters. The second-order valence-electron chi connectivity index (χ2n) is 5.75. The van der Waals surface area contributed by atoms with Gasteiger partial charge in [-0.25, -0.2) is 12.7 Å². The number of aromatic amines is 1. The van der Waals surface area contributed by atoms with Gasteiger partial charge in [0.2, 0.25) is 10.0 Å². The summed E-state index contributed by atoms with van der Waals surface area (Å²) < 4.78 is 30.7. The van der Waals surface area contributed by atoms with Gasteiger partial charge in [-0.05, 0) is 44.0 Å². The SMILES string of the molecule is CCS(=O)(=O)N1CCC(c2cc3cc(OC)ccc3[nH]2)CC1. The van der Waals surface area contributed by atoms with Gasteiger partial charge < -0.3 is 9.72 Å². The average Bonchev–Trinajstić information content (AvgIpc) is 2.98. The van der Waals surface area contributed by atoms with Crippen molar-refractivity contribution in [3.8, 4) is 5.75 Å². The van der Waals surface area contributed by atoms with Crippen LogP contribution in [0.2, 0.25) is 0 Å². The highest BCUT2D eigenvalue weighted by Gasteiger charge is 2.28. The van der Waals surface area contributed by atoms with Crippen molar-refractivity contribution in [2.75, 3.05) is 26.0 Å². The minimum absolute atomic E-state index is 0.184. The highest BCUT2D eigenvalue weighted by molar-refractivity contribution is 7.89. The third kappa shape index (κ3) is 2.85. The third-order valence-corrected chi connectivity index (χ3v) is 6.38. The number of aromatic nitrogens is 1. The topological polar surface area (TPSA) is 62.4 Å². The van der Waals surface area contributed by atoms with Gasteiger partial charge in [0.15, 0.2) is 0 Å². The number of nitrogens with zero attached hydrogens (tertiary/aromatic N) is 1. The van der Waals surface area contributed by atoms with Gasteiger partial charge in [0.1, 0.15) is 5.75 Å². The standard InChI is InChI=1S/C16H22N2O3S/c1-3-22(19,20)18-8-6-12(7-9-18)16-11-13-10-14(21-2)4-5-15(13)17-16/h4-5,10-12,17H,3,6-9H2,1-2H3. The van der Waals surface area contributed by atoms with Gasteiger partial charge >= 0.3 is 0 Å². The number of H-pyrrole nitrogens is 1. The van der Waals surface area contributed by atoms with Gasteiger partial charge in [-0.2, -0.15) is 0 Å². The van der Waals surface area contributed by atoms with Crippen LogP contribution in [0.3, 0.4) is 0 Å². The maximum absolute atomic E-state index is 11.9. The highest BCUT2D eigenvalue weighted by Crippen LogP contribution is 2.31. The Morgan fingerprint density at radius 3 is 2.64 bits per heavy atom. The molecule has 0 aliphatic carbocycles. The zero-order valence-electron chi connectivity index (χ0n) is 13.0. The zero-order chi connectivity index (χ0) is 15.7. The van der Waals surface area contributed by atoms with Gasteiger partial charge in [-0.1, -0.05) is 0 Å². The molecule has 1 N–H and O–H groups in total. The van der Waals surface area contributed by atoms with E-state index in [-0.39, 0.29) is 5.75 Å². The second kappa shape index (κ2) is 5.93. The summed E-state index contributed by atoms with van der Waals surface area (Å²) in [6.45, 7) is 2.92. The fourth-order valence-electron chi connectivity index (χ4n) is 3.11. The second-order valence-corrected chi connectivity index (χ2v) is 8.01. The van der Waals surface area contributed by atoms with Crippen molar-refractivity contribution in [3.05, 3.63) is 30.0 Å². The van der Waals surface area contributed by atoms with E-state index in [4.69, 9.17) is 4.74 Å². The van der Waals surface area contributed by atoms with Gasteiger partial charge in [-0.3, -0.25) is 0 Å². The van der Waals surface area contributed by atoms with E-state index in [9.17, 15) is 8.42 Å². The molecule has 1 aromatic carbocycles. The number of ether oxygens (including phenoxy) is 1. The number of hydrogen-bond acceptors (Lipinski definition) is 3. The number of rotatable bonds is 4. The fraction of sp³-hybridized carbons (Fsp3) is 0.500. The molecule has 2 aromatic rings. The van der Waals surface area contributed by atoms with E-state index in [0.29, 0.717) is 19.0 Å². The first-order chi connectivity index (χ1) is 10.5. The number of methoxy groups -OCH3 is 1. The Balaban J connectivity index is 1.76. The molecule has 1 aromatic heterocycles. The van der Waals surface area contributed by atoms with Crippen LogP contribution in [0.25, 0.3) is 10.9 Å². The van der Waals surface area contributed by atoms with Crippen molar-refractivity contribution < 1.29 is 13.2 Å². The molecule has 0 radical (unpaired) electrons. The van der Waals surface area contributed by atoms with Crippen LogP contribution >= 0.6 is 0 Å². The minimum atomic E-state index is -3.05. The normalized spacial score (nSPS) is 17.9. The quantitative estimate of drug-likeness (QED) is 0.941. The molecule has 1 fully saturated rings. The molecule has 3 rings (SSSR count). The molecular formula is C16H22N2O3S. The molecule has 22 heavy (non-hydrogen) atoms. The molecule has 0 spiro atoms. The van der Waals surface area contributed by atoms with E-state index in [1.807, 2.05) is 18.2 Å². The van der Waals surface area contributed by atoms with E-state index < -0.39 is 10.0 Å². The number of hydrogen-bond donors (Lipinski definition) is 1. The molecule has 5 nitrogen and oxygen atoms in total. The Labute approximate surface area is 131 Å². The van der Waals surface area contributed by atoms with Crippen molar-refractivity contribution in [1.82, 2.24) is 9.29 Å². The number of piperidine rings is 1. The predicted octanol–water partition coefficient (Wildman–Crippen LogP) is 2.71. The van der Waals surface area contributed by atoms with Crippen LogP contribution in [-0.4, -0.2) is 43.7 Å². The summed E-state index contributed by atoms with van der Waals surface area (Å²) in [6, 6.07) is 8.14. The third-order valence-electron chi connectivity index (χ3n) is 4.50. The van der Waals surface area contributed by atoms with Gasteiger partial charge in [0.05, 0.1) is 12.9 Å². The van der Waals surface area contributed by atoms with E-state index in [1.54, 1.807) is 18.3 Å². The van der Waals surface area contributed by atoms with E-state index in [2.05, 4.69) is 11.1 Å². The number of nitrogens with one attached hydrogen (secondary N) is 1. The van der Waals surface area contributed by atoms with Crippen LogP contribution in [0.4, 0.5) is 0 Å². The maximum atomic E-state index is 11.9. The van der Waals surface area contributed by atoms with Crippen molar-refractivity contribution in [2.45, 2.75) is 25.7 Å². The van der Waals surface area contributed by atoms with Gasteiger partial charge in [-0.15, -0.1) is 0 Å². The molecule has 1 aliphatic heterocycles. The van der Waals surface area contributed by atoms with Crippen LogP contribution in [0.15, 0.2) is 24.3 Å². The molecule has 1 saturated heterocycles. The zero-order valence-corrected chi connectivity index (χ0v) is 13.8. The van der Waals surface area contributed by atoms with Crippen molar-refractivity contribution >= 4 is 20.9 Å². The van der Waals surface area contributed by atoms with Crippen LogP contribution in [0.1, 0.15) is 31.4 Å². The summed E-state index contributed by atoms with van der Waals surface area (Å²) in [4.78, 5) is 3.46. The molecular weight excluding hydrogens is 300 g/mol. The summed E-state index contributed by atoms with van der Waals surface area (Å²) in [7, 11) is -1.39. The minimum Gasteiger partial charge on any atom is -0.497 e. The molecule has 0 unspecified atom stereocenters. The first-order valence-corrected chi connectivity index (χ1v) is 9.29. The highest BCUT2D eigenvalue weighted by atomic mass is 32.2. The van der Waals surface area contributed by atoms with E-state index in [1.165, 1.54) is 5.69 Å². The van der Waals surface area contributed by atoms with Crippen molar-refractivity contribution in [1.29, 1.82) is 0 Å². The lowest BCUT2D eigenvalue weighted by Gasteiger charge is -2.30. The summed E-state index contributed by atoms with van der Waals surface area (Å²) in [6.07, 6.45) is 1.73. The molecule has 2 heterocycles. The van der Waals surface area contributed by atoms with Crippen LogP contribution in [0, 0.1) is 0 Å². The number of sulfonamides is 1. The Bertz CT molecular complexity index is 759. The lowest BCUT2D eigenvalue weighted by Crippen LogP contribution is -2.38. The van der Waals surface area contributed by atoms with Gasteiger partial charge in [0.25, 0.3) is 0 Å². The maximum Gasteiger partial charge on any atom is 0.213 e. The van der Waals surface area contributed by atoms with Crippen LogP contribution in [0.5, 0.6) is 5.75 Å². The van der Waals surface area contributed by atoms with Crippen molar-refractivity contribution in [2.24, 2.45) is 0 Å². The monoisotopic (exact) mass is 322 g/mol. The smallest absolute Gasteiger partial charge is 0.213 e. The van der Waals surface area contributed by atoms with E-state index >= 15 is 0 Å². The molecule has 0 bridgehead atoms. The van der Waals surface area contributed by atoms with E-state index in [0.717, 1.165) is 29.5 Å². The van der Waals surface area contributed by atoms with Crippen LogP contribution in [-0.2, 0) is 10.0 Å². The summed E-state index contributed by atoms with van der Waals surface area (Å²) in [5.41, 5.74) is 2.29. The Morgan fingerprint density at radius 2 is 2.00 bits per heavy atom. The Hall–Kier alpha value is -1.53. The Kier molecular flexibility index (Phi) is 4.14. The lowest BCUT2D eigenvalue weighted by atomic mass is 9.95. The van der Waals surface area contributed by atoms with Gasteiger partial charge in [0, 0.05) is 35.6 Å². The number of benzene rings is 1.